The molecule has 19 heavy (non-hydrogen) atoms. The van der Waals surface area contributed by atoms with Crippen LogP contribution < -0.4 is 10.1 Å². The molecule has 0 amide bonds. The summed E-state index contributed by atoms with van der Waals surface area (Å²) in [6.45, 7) is 3.56. The second-order valence-corrected chi connectivity index (χ2v) is 3.97. The second kappa shape index (κ2) is 8.31. The van der Waals surface area contributed by atoms with E-state index < -0.39 is 4.92 Å². The maximum atomic E-state index is 11.1. The van der Waals surface area contributed by atoms with Crippen molar-refractivity contribution >= 4 is 11.4 Å². The second-order valence-electron chi connectivity index (χ2n) is 3.97. The third kappa shape index (κ3) is 4.75. The summed E-state index contributed by atoms with van der Waals surface area (Å²) in [7, 11) is 1.66. The fourth-order valence-corrected chi connectivity index (χ4v) is 1.72. The van der Waals surface area contributed by atoms with Gasteiger partial charge in [-0.1, -0.05) is 6.07 Å². The Labute approximate surface area is 112 Å². The number of ether oxygens (including phenoxy) is 2. The van der Waals surface area contributed by atoms with Crippen molar-refractivity contribution in [2.24, 2.45) is 0 Å². The van der Waals surface area contributed by atoms with Gasteiger partial charge in [-0.25, -0.2) is 0 Å². The highest BCUT2D eigenvalue weighted by Crippen LogP contribution is 2.34. The average molecular weight is 268 g/mol. The number of nitro benzene ring substituents is 1. The predicted molar refractivity (Wildman–Crippen MR) is 73.9 cm³/mol. The first-order valence-electron chi connectivity index (χ1n) is 6.33. The molecule has 0 radical (unpaired) electrons. The van der Waals surface area contributed by atoms with Crippen LogP contribution >= 0.6 is 0 Å². The summed E-state index contributed by atoms with van der Waals surface area (Å²) in [4.78, 5) is 10.7. The van der Waals surface area contributed by atoms with Crippen molar-refractivity contribution in [3.05, 3.63) is 28.3 Å². The van der Waals surface area contributed by atoms with Crippen LogP contribution in [-0.4, -0.2) is 31.8 Å². The van der Waals surface area contributed by atoms with Crippen LogP contribution in [0.25, 0.3) is 0 Å². The quantitative estimate of drug-likeness (QED) is 0.423. The van der Waals surface area contributed by atoms with Crippen LogP contribution in [0.4, 0.5) is 11.4 Å². The van der Waals surface area contributed by atoms with Crippen LogP contribution in [0.15, 0.2) is 18.2 Å². The zero-order valence-corrected chi connectivity index (χ0v) is 11.3. The smallest absolute Gasteiger partial charge is 0.333 e. The molecule has 6 nitrogen and oxygen atoms in total. The van der Waals surface area contributed by atoms with Crippen LogP contribution in [0.2, 0.25) is 0 Å². The molecule has 1 aromatic carbocycles. The van der Waals surface area contributed by atoms with E-state index in [2.05, 4.69) is 5.32 Å². The Kier molecular flexibility index (Phi) is 6.67. The molecule has 0 aliphatic heterocycles. The van der Waals surface area contributed by atoms with Crippen LogP contribution in [0, 0.1) is 10.1 Å². The third-order valence-corrected chi connectivity index (χ3v) is 2.57. The topological polar surface area (TPSA) is 73.6 Å². The average Bonchev–Trinajstić information content (AvgIpc) is 2.38. The van der Waals surface area contributed by atoms with Gasteiger partial charge in [-0.15, -0.1) is 0 Å². The van der Waals surface area contributed by atoms with Gasteiger partial charge in [0.1, 0.15) is 5.69 Å². The summed E-state index contributed by atoms with van der Waals surface area (Å²) >= 11 is 0. The molecule has 1 rings (SSSR count). The molecule has 0 atom stereocenters. The first-order chi connectivity index (χ1) is 9.20. The Bertz CT molecular complexity index is 410. The highest BCUT2D eigenvalue weighted by molar-refractivity contribution is 5.68. The lowest BCUT2D eigenvalue weighted by Gasteiger charge is -2.10. The molecule has 0 aromatic heterocycles. The molecule has 1 aromatic rings. The Balaban J connectivity index is 2.70. The van der Waals surface area contributed by atoms with Crippen LogP contribution in [0.5, 0.6) is 5.75 Å². The van der Waals surface area contributed by atoms with E-state index in [9.17, 15) is 10.1 Å². The Hall–Kier alpha value is -1.82. The van der Waals surface area contributed by atoms with Gasteiger partial charge < -0.3 is 14.8 Å². The minimum atomic E-state index is -0.414. The van der Waals surface area contributed by atoms with Gasteiger partial charge in [0.15, 0.2) is 5.75 Å². The lowest BCUT2D eigenvalue weighted by atomic mass is 10.2. The lowest BCUT2D eigenvalue weighted by Crippen LogP contribution is -2.06. The highest BCUT2D eigenvalue weighted by Gasteiger charge is 2.20. The number of para-hydroxylation sites is 1. The zero-order valence-electron chi connectivity index (χ0n) is 11.3. The van der Waals surface area contributed by atoms with Gasteiger partial charge in [-0.3, -0.25) is 10.1 Å². The molecule has 0 spiro atoms. The van der Waals surface area contributed by atoms with E-state index in [1.54, 1.807) is 32.2 Å². The number of hydrogen-bond donors (Lipinski definition) is 1. The molecular formula is C13H20N2O4. The largest absolute Gasteiger partial charge is 0.487 e. The van der Waals surface area contributed by atoms with Crippen molar-refractivity contribution in [3.63, 3.8) is 0 Å². The number of nitro groups is 1. The molecule has 0 saturated heterocycles. The van der Waals surface area contributed by atoms with Crippen LogP contribution in [0.1, 0.15) is 19.8 Å². The zero-order chi connectivity index (χ0) is 14.1. The van der Waals surface area contributed by atoms with E-state index in [-0.39, 0.29) is 5.69 Å². The standard InChI is InChI=1S/C13H20N2O4/c1-3-19-12-8-6-7-11(13(12)15(16)17)14-9-4-5-10-18-2/h6-8,14H,3-5,9-10H2,1-2H3. The molecule has 0 aliphatic rings. The Morgan fingerprint density at radius 2 is 2.16 bits per heavy atom. The van der Waals surface area contributed by atoms with Gasteiger partial charge in [0, 0.05) is 20.3 Å². The first kappa shape index (κ1) is 15.2. The van der Waals surface area contributed by atoms with E-state index in [1.165, 1.54) is 0 Å². The van der Waals surface area contributed by atoms with Crippen molar-refractivity contribution in [3.8, 4) is 5.75 Å². The minimum absolute atomic E-state index is 0.00362. The molecule has 1 N–H and O–H groups in total. The number of hydrogen-bond acceptors (Lipinski definition) is 5. The van der Waals surface area contributed by atoms with Crippen molar-refractivity contribution in [2.75, 3.05) is 32.2 Å². The number of methoxy groups -OCH3 is 1. The molecular weight excluding hydrogens is 248 g/mol. The summed E-state index contributed by atoms with van der Waals surface area (Å²) in [6.07, 6.45) is 1.81. The lowest BCUT2D eigenvalue weighted by molar-refractivity contribution is -0.384. The summed E-state index contributed by atoms with van der Waals surface area (Å²) < 4.78 is 10.2. The number of rotatable bonds is 9. The van der Waals surface area contributed by atoms with Gasteiger partial charge in [-0.05, 0) is 31.9 Å². The van der Waals surface area contributed by atoms with Crippen molar-refractivity contribution in [1.29, 1.82) is 0 Å². The molecule has 0 unspecified atom stereocenters. The van der Waals surface area contributed by atoms with Gasteiger partial charge >= 0.3 is 5.69 Å². The first-order valence-corrected chi connectivity index (χ1v) is 6.33. The maximum absolute atomic E-state index is 11.1. The fraction of sp³-hybridized carbons (Fsp3) is 0.538. The van der Waals surface area contributed by atoms with Crippen molar-refractivity contribution < 1.29 is 14.4 Å². The monoisotopic (exact) mass is 268 g/mol. The number of nitrogens with zero attached hydrogens (tertiary/aromatic N) is 1. The molecule has 0 fully saturated rings. The van der Waals surface area contributed by atoms with E-state index >= 15 is 0 Å². The van der Waals surface area contributed by atoms with E-state index in [1.807, 2.05) is 0 Å². The number of benzene rings is 1. The van der Waals surface area contributed by atoms with Crippen molar-refractivity contribution in [2.45, 2.75) is 19.8 Å². The summed E-state index contributed by atoms with van der Waals surface area (Å²) in [5.41, 5.74) is 0.490. The number of nitrogens with one attached hydrogen (secondary N) is 1. The van der Waals surface area contributed by atoms with Gasteiger partial charge in [-0.2, -0.15) is 0 Å². The SMILES string of the molecule is CCOc1cccc(NCCCCOC)c1[N+](=O)[O-]. The molecule has 0 saturated carbocycles. The Morgan fingerprint density at radius 3 is 2.79 bits per heavy atom. The number of unbranched alkanes of at least 4 members (excludes halogenated alkanes) is 1. The van der Waals surface area contributed by atoms with Gasteiger partial charge in [0.05, 0.1) is 11.5 Å². The summed E-state index contributed by atoms with van der Waals surface area (Å²) in [6, 6.07) is 5.05. The minimum Gasteiger partial charge on any atom is -0.487 e. The van der Waals surface area contributed by atoms with Gasteiger partial charge in [0.25, 0.3) is 0 Å². The predicted octanol–water partition coefficient (Wildman–Crippen LogP) is 2.83. The normalized spacial score (nSPS) is 10.2. The Morgan fingerprint density at radius 1 is 1.37 bits per heavy atom. The summed E-state index contributed by atoms with van der Waals surface area (Å²) in [5.74, 6) is 0.300. The van der Waals surface area contributed by atoms with Crippen LogP contribution in [0.3, 0.4) is 0 Å². The molecule has 6 heteroatoms. The molecule has 106 valence electrons. The molecule has 0 heterocycles. The maximum Gasteiger partial charge on any atom is 0.333 e. The molecule has 0 aliphatic carbocycles. The fourth-order valence-electron chi connectivity index (χ4n) is 1.72. The highest BCUT2D eigenvalue weighted by atomic mass is 16.6. The number of anilines is 1. The van der Waals surface area contributed by atoms with E-state index in [4.69, 9.17) is 9.47 Å². The van der Waals surface area contributed by atoms with E-state index in [0.29, 0.717) is 31.2 Å². The van der Waals surface area contributed by atoms with E-state index in [0.717, 1.165) is 12.8 Å². The van der Waals surface area contributed by atoms with Gasteiger partial charge in [0.2, 0.25) is 0 Å². The van der Waals surface area contributed by atoms with Crippen molar-refractivity contribution in [1.82, 2.24) is 0 Å². The molecule has 0 bridgehead atoms. The third-order valence-electron chi connectivity index (χ3n) is 2.57. The summed E-state index contributed by atoms with van der Waals surface area (Å²) in [5, 5.41) is 14.2. The van der Waals surface area contributed by atoms with Crippen LogP contribution in [-0.2, 0) is 4.74 Å².